The Labute approximate surface area is 157 Å². The van der Waals surface area contributed by atoms with E-state index in [2.05, 4.69) is 4.98 Å². The number of fused-ring (bicyclic) bond motifs is 1. The molecule has 27 heavy (non-hydrogen) atoms. The molecule has 1 aliphatic heterocycles. The van der Waals surface area contributed by atoms with Crippen molar-refractivity contribution in [2.75, 3.05) is 13.1 Å². The molecule has 0 radical (unpaired) electrons. The van der Waals surface area contributed by atoms with Gasteiger partial charge in [-0.05, 0) is 52.7 Å². The van der Waals surface area contributed by atoms with E-state index in [9.17, 15) is 14.4 Å². The first kappa shape index (κ1) is 19.1. The quantitative estimate of drug-likeness (QED) is 0.752. The normalized spacial score (nSPS) is 15.9. The minimum absolute atomic E-state index is 0.173. The van der Waals surface area contributed by atoms with Crippen molar-refractivity contribution in [3.05, 3.63) is 39.0 Å². The average Bonchev–Trinajstić information content (AvgIpc) is 2.62. The van der Waals surface area contributed by atoms with Crippen LogP contribution in [0.3, 0.4) is 0 Å². The van der Waals surface area contributed by atoms with E-state index in [-0.39, 0.29) is 12.1 Å². The van der Waals surface area contributed by atoms with Crippen LogP contribution in [0.4, 0.5) is 4.79 Å². The Morgan fingerprint density at radius 2 is 1.89 bits per heavy atom. The van der Waals surface area contributed by atoms with Crippen LogP contribution in [0.2, 0.25) is 0 Å². The standard InChI is InChI=1S/C19H26N4O4/c1-5-22-14-7-6-10-20-15(14)23(17(25)16(22)24)13-8-11-21(12-9-13)18(26)27-19(2,3)4/h6-7,10,13H,5,8-9,11-12H2,1-4H3. The largest absolute Gasteiger partial charge is 0.444 e. The molecule has 146 valence electrons. The molecule has 8 nitrogen and oxygen atoms in total. The van der Waals surface area contributed by atoms with Crippen LogP contribution in [0, 0.1) is 0 Å². The number of piperidine rings is 1. The zero-order chi connectivity index (χ0) is 19.8. The molecule has 0 unspecified atom stereocenters. The van der Waals surface area contributed by atoms with Gasteiger partial charge in [-0.15, -0.1) is 0 Å². The van der Waals surface area contributed by atoms with Crippen LogP contribution < -0.4 is 11.1 Å². The summed E-state index contributed by atoms with van der Waals surface area (Å²) in [6.45, 7) is 8.67. The highest BCUT2D eigenvalue weighted by molar-refractivity contribution is 5.70. The number of aryl methyl sites for hydroxylation is 1. The third kappa shape index (κ3) is 3.74. The lowest BCUT2D eigenvalue weighted by molar-refractivity contribution is 0.0188. The summed E-state index contributed by atoms with van der Waals surface area (Å²) in [4.78, 5) is 43.5. The highest BCUT2D eigenvalue weighted by Gasteiger charge is 2.29. The van der Waals surface area contributed by atoms with Crippen LogP contribution >= 0.6 is 0 Å². The molecular formula is C19H26N4O4. The van der Waals surface area contributed by atoms with Gasteiger partial charge in [0.15, 0.2) is 5.65 Å². The number of amides is 1. The number of likely N-dealkylation sites (tertiary alicyclic amines) is 1. The van der Waals surface area contributed by atoms with Gasteiger partial charge in [-0.25, -0.2) is 9.78 Å². The number of hydrogen-bond acceptors (Lipinski definition) is 5. The minimum Gasteiger partial charge on any atom is -0.444 e. The highest BCUT2D eigenvalue weighted by Crippen LogP contribution is 2.24. The van der Waals surface area contributed by atoms with Gasteiger partial charge in [-0.2, -0.15) is 0 Å². The Kier molecular flexibility index (Phi) is 5.08. The van der Waals surface area contributed by atoms with Crippen molar-refractivity contribution in [2.45, 2.75) is 58.7 Å². The van der Waals surface area contributed by atoms with Gasteiger partial charge >= 0.3 is 17.2 Å². The third-order valence-corrected chi connectivity index (χ3v) is 4.73. The van der Waals surface area contributed by atoms with Gasteiger partial charge in [0.1, 0.15) is 5.60 Å². The molecule has 8 heteroatoms. The number of pyridine rings is 1. The first-order chi connectivity index (χ1) is 12.7. The van der Waals surface area contributed by atoms with Crippen LogP contribution in [0.15, 0.2) is 27.9 Å². The number of ether oxygens (including phenoxy) is 1. The lowest BCUT2D eigenvalue weighted by Gasteiger charge is -2.34. The SMILES string of the molecule is CCn1c(=O)c(=O)n(C2CCN(C(=O)OC(C)(C)C)CC2)c2ncccc21. The molecular weight excluding hydrogens is 348 g/mol. The van der Waals surface area contributed by atoms with Crippen molar-refractivity contribution in [3.63, 3.8) is 0 Å². The fourth-order valence-corrected chi connectivity index (χ4v) is 3.49. The lowest BCUT2D eigenvalue weighted by atomic mass is 10.0. The topological polar surface area (TPSA) is 86.4 Å². The molecule has 0 spiro atoms. The molecule has 2 aromatic rings. The molecule has 0 aliphatic carbocycles. The molecule has 0 bridgehead atoms. The highest BCUT2D eigenvalue weighted by atomic mass is 16.6. The lowest BCUT2D eigenvalue weighted by Crippen LogP contribution is -2.47. The summed E-state index contributed by atoms with van der Waals surface area (Å²) in [6, 6.07) is 3.39. The predicted molar refractivity (Wildman–Crippen MR) is 102 cm³/mol. The number of hydrogen-bond donors (Lipinski definition) is 0. The first-order valence-electron chi connectivity index (χ1n) is 9.31. The van der Waals surface area contributed by atoms with Crippen LogP contribution in [0.25, 0.3) is 11.2 Å². The molecule has 1 saturated heterocycles. The van der Waals surface area contributed by atoms with E-state index in [0.717, 1.165) is 0 Å². The monoisotopic (exact) mass is 374 g/mol. The summed E-state index contributed by atoms with van der Waals surface area (Å²) in [7, 11) is 0. The van der Waals surface area contributed by atoms with Gasteiger partial charge in [-0.3, -0.25) is 14.2 Å². The predicted octanol–water partition coefficient (Wildman–Crippen LogP) is 2.15. The van der Waals surface area contributed by atoms with Crippen LogP contribution in [0.5, 0.6) is 0 Å². The number of rotatable bonds is 2. The van der Waals surface area contributed by atoms with E-state index in [0.29, 0.717) is 43.6 Å². The van der Waals surface area contributed by atoms with Crippen molar-refractivity contribution >= 4 is 17.3 Å². The van der Waals surface area contributed by atoms with E-state index in [1.165, 1.54) is 9.13 Å². The Morgan fingerprint density at radius 1 is 1.22 bits per heavy atom. The molecule has 1 aliphatic rings. The number of nitrogens with zero attached hydrogens (tertiary/aromatic N) is 4. The van der Waals surface area contributed by atoms with Crippen molar-refractivity contribution in [1.82, 2.24) is 19.0 Å². The Balaban J connectivity index is 1.90. The zero-order valence-electron chi connectivity index (χ0n) is 16.3. The molecule has 0 aromatic carbocycles. The summed E-state index contributed by atoms with van der Waals surface area (Å²) < 4.78 is 8.38. The maximum Gasteiger partial charge on any atom is 0.410 e. The second-order valence-electron chi connectivity index (χ2n) is 7.77. The van der Waals surface area contributed by atoms with Crippen molar-refractivity contribution in [1.29, 1.82) is 0 Å². The molecule has 0 saturated carbocycles. The molecule has 3 rings (SSSR count). The van der Waals surface area contributed by atoms with E-state index < -0.39 is 16.7 Å². The fraction of sp³-hybridized carbons (Fsp3) is 0.579. The molecule has 1 amide bonds. The maximum absolute atomic E-state index is 12.7. The van der Waals surface area contributed by atoms with E-state index in [1.807, 2.05) is 27.7 Å². The second kappa shape index (κ2) is 7.17. The fourth-order valence-electron chi connectivity index (χ4n) is 3.49. The molecule has 0 atom stereocenters. The van der Waals surface area contributed by atoms with E-state index in [4.69, 9.17) is 4.74 Å². The minimum atomic E-state index is -0.557. The Morgan fingerprint density at radius 3 is 2.48 bits per heavy atom. The Hall–Kier alpha value is -2.64. The first-order valence-corrected chi connectivity index (χ1v) is 9.31. The average molecular weight is 374 g/mol. The van der Waals surface area contributed by atoms with Gasteiger partial charge in [0.2, 0.25) is 0 Å². The third-order valence-electron chi connectivity index (χ3n) is 4.73. The summed E-state index contributed by atoms with van der Waals surface area (Å²) >= 11 is 0. The summed E-state index contributed by atoms with van der Waals surface area (Å²) in [6.07, 6.45) is 2.41. The van der Waals surface area contributed by atoms with Crippen molar-refractivity contribution in [2.24, 2.45) is 0 Å². The van der Waals surface area contributed by atoms with Crippen LogP contribution in [-0.2, 0) is 11.3 Å². The van der Waals surface area contributed by atoms with Gasteiger partial charge in [0.05, 0.1) is 5.52 Å². The van der Waals surface area contributed by atoms with Crippen LogP contribution in [-0.4, -0.2) is 43.8 Å². The van der Waals surface area contributed by atoms with E-state index in [1.54, 1.807) is 23.2 Å². The van der Waals surface area contributed by atoms with Gasteiger partial charge < -0.3 is 14.2 Å². The summed E-state index contributed by atoms with van der Waals surface area (Å²) in [5, 5.41) is 0. The van der Waals surface area contributed by atoms with Gasteiger partial charge in [-0.1, -0.05) is 0 Å². The van der Waals surface area contributed by atoms with Gasteiger partial charge in [0, 0.05) is 31.9 Å². The van der Waals surface area contributed by atoms with E-state index >= 15 is 0 Å². The van der Waals surface area contributed by atoms with Crippen molar-refractivity contribution < 1.29 is 9.53 Å². The second-order valence-corrected chi connectivity index (χ2v) is 7.77. The Bertz CT molecular complexity index is 962. The zero-order valence-corrected chi connectivity index (χ0v) is 16.3. The summed E-state index contributed by atoms with van der Waals surface area (Å²) in [5.41, 5.74) is -0.472. The molecule has 3 heterocycles. The molecule has 1 fully saturated rings. The summed E-state index contributed by atoms with van der Waals surface area (Å²) in [5.74, 6) is 0. The molecule has 0 N–H and O–H groups in total. The smallest absolute Gasteiger partial charge is 0.410 e. The van der Waals surface area contributed by atoms with Crippen molar-refractivity contribution in [3.8, 4) is 0 Å². The molecule has 2 aromatic heterocycles. The number of carbonyl (C=O) groups excluding carboxylic acids is 1. The number of aromatic nitrogens is 3. The van der Waals surface area contributed by atoms with Gasteiger partial charge in [0.25, 0.3) is 0 Å². The maximum atomic E-state index is 12.7. The number of carbonyl (C=O) groups is 1. The van der Waals surface area contributed by atoms with Crippen LogP contribution in [0.1, 0.15) is 46.6 Å².